The van der Waals surface area contributed by atoms with Crippen molar-refractivity contribution in [1.82, 2.24) is 9.62 Å². The summed E-state index contributed by atoms with van der Waals surface area (Å²) in [6, 6.07) is 3.49. The number of likely N-dealkylation sites (tertiary alicyclic amines) is 1. The molecule has 1 aromatic carbocycles. The van der Waals surface area contributed by atoms with E-state index in [1.807, 2.05) is 0 Å². The molecule has 0 radical (unpaired) electrons. The second-order valence-corrected chi connectivity index (χ2v) is 7.22. The standard InChI is InChI=1S/C15H25N5O4S/c1-23-14-5-11(12(17)6-15(14)24-2)13(7-16)20-8-10(9-20)3-4-19-25(18,21)22/h5-7,10,19H,3-4,8-9,16-17H2,1-2H3,(H2,18,21,22)/b13-7+. The van der Waals surface area contributed by atoms with Crippen molar-refractivity contribution >= 4 is 21.6 Å². The van der Waals surface area contributed by atoms with Crippen LogP contribution in [0.1, 0.15) is 12.0 Å². The number of rotatable bonds is 8. The normalized spacial score (nSPS) is 15.8. The van der Waals surface area contributed by atoms with Crippen LogP contribution >= 0.6 is 0 Å². The Kier molecular flexibility index (Phi) is 5.98. The molecule has 0 atom stereocenters. The summed E-state index contributed by atoms with van der Waals surface area (Å²) < 4.78 is 34.6. The van der Waals surface area contributed by atoms with E-state index in [0.717, 1.165) is 24.4 Å². The minimum absolute atomic E-state index is 0.317. The topological polar surface area (TPSA) is 146 Å². The van der Waals surface area contributed by atoms with Crippen LogP contribution in [-0.4, -0.2) is 47.2 Å². The second-order valence-electron chi connectivity index (χ2n) is 5.85. The number of hydrogen-bond donors (Lipinski definition) is 4. The molecule has 0 aliphatic carbocycles. The molecule has 0 unspecified atom stereocenters. The molecule has 0 bridgehead atoms. The highest BCUT2D eigenvalue weighted by Gasteiger charge is 2.29. The third-order valence-electron chi connectivity index (χ3n) is 4.14. The van der Waals surface area contributed by atoms with Crippen LogP contribution in [0.15, 0.2) is 18.3 Å². The second kappa shape index (κ2) is 7.81. The number of ether oxygens (including phenoxy) is 2. The van der Waals surface area contributed by atoms with Crippen molar-refractivity contribution in [3.63, 3.8) is 0 Å². The van der Waals surface area contributed by atoms with Crippen molar-refractivity contribution in [3.8, 4) is 11.5 Å². The maximum Gasteiger partial charge on any atom is 0.274 e. The van der Waals surface area contributed by atoms with Crippen molar-refractivity contribution in [2.75, 3.05) is 39.6 Å². The molecule has 1 saturated heterocycles. The van der Waals surface area contributed by atoms with E-state index >= 15 is 0 Å². The fraction of sp³-hybridized carbons (Fsp3) is 0.467. The van der Waals surface area contributed by atoms with Crippen LogP contribution in [-0.2, 0) is 10.2 Å². The third-order valence-corrected chi connectivity index (χ3v) is 4.75. The molecule has 0 aromatic heterocycles. The van der Waals surface area contributed by atoms with E-state index in [-0.39, 0.29) is 0 Å². The molecular formula is C15H25N5O4S. The Labute approximate surface area is 147 Å². The molecule has 0 amide bonds. The van der Waals surface area contributed by atoms with Crippen molar-refractivity contribution in [2.24, 2.45) is 16.8 Å². The summed E-state index contributed by atoms with van der Waals surface area (Å²) >= 11 is 0. The first-order valence-electron chi connectivity index (χ1n) is 7.75. The van der Waals surface area contributed by atoms with Crippen LogP contribution in [0.2, 0.25) is 0 Å². The molecule has 2 rings (SSSR count). The lowest BCUT2D eigenvalue weighted by Gasteiger charge is -2.42. The van der Waals surface area contributed by atoms with Crippen LogP contribution in [0.25, 0.3) is 5.70 Å². The van der Waals surface area contributed by atoms with Gasteiger partial charge in [-0.3, -0.25) is 0 Å². The summed E-state index contributed by atoms with van der Waals surface area (Å²) in [6.45, 7) is 1.82. The van der Waals surface area contributed by atoms with E-state index in [4.69, 9.17) is 26.1 Å². The summed E-state index contributed by atoms with van der Waals surface area (Å²) in [7, 11) is -0.533. The summed E-state index contributed by atoms with van der Waals surface area (Å²) in [5.74, 6) is 1.47. The quantitative estimate of drug-likeness (QED) is 0.457. The third kappa shape index (κ3) is 4.68. The van der Waals surface area contributed by atoms with Crippen molar-refractivity contribution in [1.29, 1.82) is 0 Å². The van der Waals surface area contributed by atoms with Crippen LogP contribution in [0.3, 0.4) is 0 Å². The highest BCUT2D eigenvalue weighted by atomic mass is 32.2. The predicted molar refractivity (Wildman–Crippen MR) is 96.9 cm³/mol. The van der Waals surface area contributed by atoms with Gasteiger partial charge in [-0.15, -0.1) is 0 Å². The molecule has 7 N–H and O–H groups in total. The monoisotopic (exact) mass is 371 g/mol. The van der Waals surface area contributed by atoms with Gasteiger partial charge in [-0.25, -0.2) is 9.86 Å². The number of nitrogens with two attached hydrogens (primary N) is 3. The zero-order chi connectivity index (χ0) is 18.6. The molecule has 140 valence electrons. The lowest BCUT2D eigenvalue weighted by atomic mass is 9.94. The number of anilines is 1. The summed E-state index contributed by atoms with van der Waals surface area (Å²) in [5.41, 5.74) is 14.0. The molecule has 1 aromatic rings. The lowest BCUT2D eigenvalue weighted by Crippen LogP contribution is -2.47. The smallest absolute Gasteiger partial charge is 0.274 e. The predicted octanol–water partition coefficient (Wildman–Crippen LogP) is -0.342. The minimum Gasteiger partial charge on any atom is -0.493 e. The number of benzene rings is 1. The minimum atomic E-state index is -3.64. The van der Waals surface area contributed by atoms with Crippen molar-refractivity contribution in [2.45, 2.75) is 6.42 Å². The number of nitrogens with one attached hydrogen (secondary N) is 1. The first kappa shape index (κ1) is 19.2. The Morgan fingerprint density at radius 3 is 2.44 bits per heavy atom. The SMILES string of the molecule is COc1cc(N)c(/C(=C\N)N2CC(CCNS(N)(=O)=O)C2)cc1OC. The Bertz CT molecular complexity index is 745. The van der Waals surface area contributed by atoms with Gasteiger partial charge < -0.3 is 25.8 Å². The summed E-state index contributed by atoms with van der Waals surface area (Å²) in [6.07, 6.45) is 2.21. The van der Waals surface area contributed by atoms with Gasteiger partial charge in [0, 0.05) is 43.2 Å². The zero-order valence-corrected chi connectivity index (χ0v) is 15.2. The number of hydrogen-bond acceptors (Lipinski definition) is 7. The number of nitrogens with zero attached hydrogens (tertiary/aromatic N) is 1. The van der Waals surface area contributed by atoms with Gasteiger partial charge in [0.2, 0.25) is 0 Å². The van der Waals surface area contributed by atoms with Crippen LogP contribution < -0.4 is 30.8 Å². The van der Waals surface area contributed by atoms with E-state index in [1.54, 1.807) is 26.4 Å². The van der Waals surface area contributed by atoms with Crippen LogP contribution in [0.4, 0.5) is 5.69 Å². The van der Waals surface area contributed by atoms with Crippen molar-refractivity contribution in [3.05, 3.63) is 23.9 Å². The maximum atomic E-state index is 10.9. The molecule has 0 saturated carbocycles. The van der Waals surface area contributed by atoms with Crippen LogP contribution in [0, 0.1) is 5.92 Å². The molecule has 1 aliphatic rings. The van der Waals surface area contributed by atoms with Gasteiger partial charge in [-0.05, 0) is 18.4 Å². The summed E-state index contributed by atoms with van der Waals surface area (Å²) in [5, 5.41) is 4.91. The van der Waals surface area contributed by atoms with Gasteiger partial charge >= 0.3 is 0 Å². The first-order valence-corrected chi connectivity index (χ1v) is 9.29. The summed E-state index contributed by atoms with van der Waals surface area (Å²) in [4.78, 5) is 2.08. The Morgan fingerprint density at radius 2 is 1.92 bits per heavy atom. The van der Waals surface area contributed by atoms with Crippen LogP contribution in [0.5, 0.6) is 11.5 Å². The molecule has 1 heterocycles. The van der Waals surface area contributed by atoms with Gasteiger partial charge in [-0.2, -0.15) is 8.42 Å². The van der Waals surface area contributed by atoms with Gasteiger partial charge in [0.25, 0.3) is 10.2 Å². The largest absolute Gasteiger partial charge is 0.493 e. The maximum absolute atomic E-state index is 10.9. The van der Waals surface area contributed by atoms with Gasteiger partial charge in [0.1, 0.15) is 0 Å². The number of nitrogen functional groups attached to an aromatic ring is 1. The van der Waals surface area contributed by atoms with E-state index < -0.39 is 10.2 Å². The van der Waals surface area contributed by atoms with Gasteiger partial charge in [0.15, 0.2) is 11.5 Å². The molecule has 1 fully saturated rings. The zero-order valence-electron chi connectivity index (χ0n) is 14.4. The average Bonchev–Trinajstić information content (AvgIpc) is 2.51. The fourth-order valence-electron chi connectivity index (χ4n) is 2.84. The van der Waals surface area contributed by atoms with E-state index in [1.165, 1.54) is 6.20 Å². The Hall–Kier alpha value is -2.17. The Balaban J connectivity index is 2.03. The van der Waals surface area contributed by atoms with Gasteiger partial charge in [-0.1, -0.05) is 0 Å². The lowest BCUT2D eigenvalue weighted by molar-refractivity contribution is 0.166. The molecule has 1 aliphatic heterocycles. The Morgan fingerprint density at radius 1 is 1.32 bits per heavy atom. The first-order chi connectivity index (χ1) is 11.8. The fourth-order valence-corrected chi connectivity index (χ4v) is 3.24. The molecular weight excluding hydrogens is 346 g/mol. The highest BCUT2D eigenvalue weighted by molar-refractivity contribution is 7.87. The highest BCUT2D eigenvalue weighted by Crippen LogP contribution is 2.38. The average molecular weight is 371 g/mol. The molecule has 10 heteroatoms. The molecule has 25 heavy (non-hydrogen) atoms. The van der Waals surface area contributed by atoms with E-state index in [2.05, 4.69) is 9.62 Å². The number of methoxy groups -OCH3 is 2. The van der Waals surface area contributed by atoms with E-state index in [0.29, 0.717) is 36.1 Å². The van der Waals surface area contributed by atoms with E-state index in [9.17, 15) is 8.42 Å². The molecule has 0 spiro atoms. The molecule has 9 nitrogen and oxygen atoms in total. The van der Waals surface area contributed by atoms with Crippen molar-refractivity contribution < 1.29 is 17.9 Å². The van der Waals surface area contributed by atoms with Gasteiger partial charge in [0.05, 0.1) is 19.9 Å².